The van der Waals surface area contributed by atoms with E-state index in [-0.39, 0.29) is 43.1 Å². The Balaban J connectivity index is 1.43. The number of hydrogen-bond acceptors (Lipinski definition) is 9. The van der Waals surface area contributed by atoms with E-state index in [1.165, 1.54) is 12.1 Å². The van der Waals surface area contributed by atoms with Gasteiger partial charge in [-0.25, -0.2) is 9.18 Å². The fourth-order valence-electron chi connectivity index (χ4n) is 8.86. The van der Waals surface area contributed by atoms with Gasteiger partial charge in [0.25, 0.3) is 5.91 Å². The van der Waals surface area contributed by atoms with Crippen molar-refractivity contribution >= 4 is 26.0 Å². The molecule has 3 atom stereocenters. The number of piperidine rings is 1. The molecule has 60 heavy (non-hydrogen) atoms. The van der Waals surface area contributed by atoms with E-state index < -0.39 is 14.4 Å². The Bertz CT molecular complexity index is 1790. The lowest BCUT2D eigenvalue weighted by molar-refractivity contribution is -0.121. The Labute approximate surface area is 357 Å². The summed E-state index contributed by atoms with van der Waals surface area (Å²) < 4.78 is 56.8. The molecular formula is C47H67FN2O9Si. The molecule has 2 aliphatic rings. The second kappa shape index (κ2) is 22.7. The van der Waals surface area contributed by atoms with Gasteiger partial charge in [0.15, 0.2) is 6.61 Å². The molecule has 2 aliphatic heterocycles. The summed E-state index contributed by atoms with van der Waals surface area (Å²) in [6.45, 7) is 19.0. The number of rotatable bonds is 22. The molecule has 3 aromatic rings. The lowest BCUT2D eigenvalue weighted by Gasteiger charge is -2.50. The summed E-state index contributed by atoms with van der Waals surface area (Å²) in [5, 5.41) is 0. The van der Waals surface area contributed by atoms with Gasteiger partial charge >= 0.3 is 6.09 Å². The van der Waals surface area contributed by atoms with Gasteiger partial charge in [0.05, 0.1) is 50.9 Å². The molecule has 1 saturated heterocycles. The fourth-order valence-corrected chi connectivity index (χ4v) is 14.4. The molecule has 2 heterocycles. The molecular weight excluding hydrogens is 784 g/mol. The van der Waals surface area contributed by atoms with Crippen LogP contribution in [0.1, 0.15) is 90.3 Å². The van der Waals surface area contributed by atoms with Crippen LogP contribution in [-0.2, 0) is 41.4 Å². The van der Waals surface area contributed by atoms with Crippen LogP contribution >= 0.6 is 0 Å². The normalized spacial score (nSPS) is 18.3. The van der Waals surface area contributed by atoms with Crippen molar-refractivity contribution in [3.8, 4) is 11.5 Å². The Morgan fingerprint density at radius 2 is 1.57 bits per heavy atom. The van der Waals surface area contributed by atoms with Gasteiger partial charge in [-0.3, -0.25) is 4.79 Å². The van der Waals surface area contributed by atoms with Crippen molar-refractivity contribution < 1.29 is 46.8 Å². The van der Waals surface area contributed by atoms with Crippen LogP contribution in [0.2, 0.25) is 16.6 Å². The average Bonchev–Trinajstić information content (AvgIpc) is 3.22. The van der Waals surface area contributed by atoms with E-state index in [0.717, 1.165) is 29.5 Å². The molecule has 1 fully saturated rings. The Morgan fingerprint density at radius 3 is 2.25 bits per heavy atom. The Morgan fingerprint density at radius 1 is 0.850 bits per heavy atom. The molecule has 0 spiro atoms. The van der Waals surface area contributed by atoms with Crippen molar-refractivity contribution in [3.05, 3.63) is 89.2 Å². The van der Waals surface area contributed by atoms with Gasteiger partial charge in [-0.2, -0.15) is 0 Å². The molecule has 0 bridgehead atoms. The van der Waals surface area contributed by atoms with Gasteiger partial charge < -0.3 is 42.6 Å². The molecule has 0 aromatic heterocycles. The first-order valence-corrected chi connectivity index (χ1v) is 23.8. The van der Waals surface area contributed by atoms with Crippen LogP contribution in [0, 0.1) is 5.82 Å². The van der Waals surface area contributed by atoms with Crippen LogP contribution in [0.3, 0.4) is 0 Å². The van der Waals surface area contributed by atoms with Crippen molar-refractivity contribution in [3.63, 3.8) is 0 Å². The minimum atomic E-state index is -2.46. The molecule has 5 rings (SSSR count). The van der Waals surface area contributed by atoms with E-state index in [1.54, 1.807) is 23.0 Å². The third-order valence-corrected chi connectivity index (χ3v) is 17.9. The highest BCUT2D eigenvalue weighted by Gasteiger charge is 2.51. The monoisotopic (exact) mass is 850 g/mol. The predicted molar refractivity (Wildman–Crippen MR) is 234 cm³/mol. The van der Waals surface area contributed by atoms with E-state index in [4.69, 9.17) is 32.8 Å². The zero-order chi connectivity index (χ0) is 43.2. The molecule has 2 amide bonds. The van der Waals surface area contributed by atoms with Gasteiger partial charge in [0.2, 0.25) is 8.32 Å². The molecule has 3 aromatic carbocycles. The zero-order valence-electron chi connectivity index (χ0n) is 37.0. The average molecular weight is 851 g/mol. The Kier molecular flexibility index (Phi) is 17.8. The number of hydrogen-bond donors (Lipinski definition) is 0. The largest absolute Gasteiger partial charge is 0.491 e. The number of unbranched alkanes of at least 4 members (excludes halogenated alkanes) is 1. The van der Waals surface area contributed by atoms with Gasteiger partial charge in [-0.05, 0) is 82.6 Å². The van der Waals surface area contributed by atoms with E-state index in [1.807, 2.05) is 36.4 Å². The Hall–Kier alpha value is -4.01. The number of fused-ring (bicyclic) bond motifs is 1. The fraction of sp³-hybridized carbons (Fsp3) is 0.574. The molecule has 0 radical (unpaired) electrons. The van der Waals surface area contributed by atoms with Crippen LogP contribution in [0.5, 0.6) is 11.5 Å². The first kappa shape index (κ1) is 47.0. The van der Waals surface area contributed by atoms with Crippen LogP contribution in [0.25, 0.3) is 0 Å². The van der Waals surface area contributed by atoms with Gasteiger partial charge in [0, 0.05) is 32.7 Å². The summed E-state index contributed by atoms with van der Waals surface area (Å²) in [5.74, 6) is 0.723. The summed E-state index contributed by atoms with van der Waals surface area (Å²) in [4.78, 5) is 30.3. The predicted octanol–water partition coefficient (Wildman–Crippen LogP) is 9.67. The van der Waals surface area contributed by atoms with E-state index in [2.05, 4.69) is 60.6 Å². The van der Waals surface area contributed by atoms with E-state index >= 15 is 0 Å². The lowest BCUT2D eigenvalue weighted by atomic mass is 9.84. The molecule has 0 aliphatic carbocycles. The highest BCUT2D eigenvalue weighted by Crippen LogP contribution is 2.46. The number of carbonyl (C=O) groups excluding carboxylic acids is 2. The SMILES string of the molecule is CCCCOC(=O)N1CC(OCc2ccc3c(c2)N(CCCOC)C(=O)CO3)C(c2ccc(OCCOCc3cccc(F)c3)cc2)C(O[Si](C(C)C)(C(C)C)C(C)C)C1. The van der Waals surface area contributed by atoms with Crippen molar-refractivity contribution in [2.75, 3.05) is 64.7 Å². The van der Waals surface area contributed by atoms with Gasteiger partial charge in [-0.15, -0.1) is 0 Å². The summed E-state index contributed by atoms with van der Waals surface area (Å²) in [6.07, 6.45) is 1.19. The summed E-state index contributed by atoms with van der Waals surface area (Å²) in [5.41, 5.74) is 4.32. The second-order valence-electron chi connectivity index (χ2n) is 16.8. The number of amides is 2. The van der Waals surface area contributed by atoms with E-state index in [0.29, 0.717) is 92.9 Å². The first-order valence-electron chi connectivity index (χ1n) is 21.7. The lowest BCUT2D eigenvalue weighted by Crippen LogP contribution is -2.59. The third kappa shape index (κ3) is 12.1. The number of likely N-dealkylation sites (tertiary alicyclic amines) is 1. The number of anilines is 1. The number of methoxy groups -OCH3 is 1. The van der Waals surface area contributed by atoms with E-state index in [9.17, 15) is 14.0 Å². The standard InChI is InChI=1S/C47H67FN2O9Si/c1-9-10-23-56-47(52)49-28-43(57-31-37-15-20-42-41(27-37)50(21-12-22-53-8)45(51)32-58-42)46(44(29-49)59-60(33(2)3,34(4)5)35(6)7)38-16-18-40(19-17-38)55-25-24-54-30-36-13-11-14-39(48)26-36/h11,13-20,26-27,33-35,43-44,46H,9-10,12,21-25,28-32H2,1-8H3. The third-order valence-electron chi connectivity index (χ3n) is 11.7. The minimum Gasteiger partial charge on any atom is -0.491 e. The number of ether oxygens (including phenoxy) is 6. The van der Waals surface area contributed by atoms with Crippen LogP contribution in [0.4, 0.5) is 14.9 Å². The van der Waals surface area contributed by atoms with Gasteiger partial charge in [-0.1, -0.05) is 85.2 Å². The van der Waals surface area contributed by atoms with Crippen molar-refractivity contribution in [2.24, 2.45) is 0 Å². The van der Waals surface area contributed by atoms with Gasteiger partial charge in [0.1, 0.15) is 23.9 Å². The first-order chi connectivity index (χ1) is 28.9. The molecule has 11 nitrogen and oxygen atoms in total. The minimum absolute atomic E-state index is 0.00667. The smallest absolute Gasteiger partial charge is 0.409 e. The molecule has 0 N–H and O–H groups in total. The summed E-state index contributed by atoms with van der Waals surface area (Å²) in [6, 6.07) is 20.2. The van der Waals surface area contributed by atoms with Crippen molar-refractivity contribution in [2.45, 2.75) is 116 Å². The number of benzene rings is 3. The summed E-state index contributed by atoms with van der Waals surface area (Å²) >= 11 is 0. The maximum absolute atomic E-state index is 13.8. The number of carbonyl (C=O) groups is 2. The molecule has 3 unspecified atom stereocenters. The maximum Gasteiger partial charge on any atom is 0.409 e. The van der Waals surface area contributed by atoms with Crippen molar-refractivity contribution in [1.29, 1.82) is 0 Å². The maximum atomic E-state index is 13.8. The highest BCUT2D eigenvalue weighted by molar-refractivity contribution is 6.77. The summed E-state index contributed by atoms with van der Waals surface area (Å²) in [7, 11) is -0.812. The molecule has 330 valence electrons. The van der Waals surface area contributed by atoms with Crippen LogP contribution < -0.4 is 14.4 Å². The zero-order valence-corrected chi connectivity index (χ0v) is 38.0. The molecule has 0 saturated carbocycles. The number of nitrogens with zero attached hydrogens (tertiary/aromatic N) is 2. The second-order valence-corrected chi connectivity index (χ2v) is 22.2. The quantitative estimate of drug-likeness (QED) is 0.0722. The van der Waals surface area contributed by atoms with Crippen molar-refractivity contribution in [1.82, 2.24) is 4.90 Å². The van der Waals surface area contributed by atoms with Crippen LogP contribution in [0.15, 0.2) is 66.7 Å². The molecule has 13 heteroatoms. The highest BCUT2D eigenvalue weighted by atomic mass is 28.4. The topological polar surface area (TPSA) is 105 Å². The number of halogens is 1. The van der Waals surface area contributed by atoms with Crippen LogP contribution in [-0.4, -0.2) is 97.2 Å².